The van der Waals surface area contributed by atoms with E-state index in [1.165, 1.54) is 110 Å². The van der Waals surface area contributed by atoms with Gasteiger partial charge in [-0.3, -0.25) is 0 Å². The van der Waals surface area contributed by atoms with Crippen molar-refractivity contribution in [1.82, 2.24) is 18.3 Å². The summed E-state index contributed by atoms with van der Waals surface area (Å²) in [6.45, 7) is 0. The van der Waals surface area contributed by atoms with Crippen LogP contribution in [0.4, 0.5) is 0 Å². The third kappa shape index (κ3) is 8.69. The van der Waals surface area contributed by atoms with Gasteiger partial charge < -0.3 is 18.3 Å². The van der Waals surface area contributed by atoms with Crippen molar-refractivity contribution in [2.45, 2.75) is 0 Å². The minimum atomic E-state index is 1.08. The van der Waals surface area contributed by atoms with Crippen LogP contribution in [0.15, 0.2) is 352 Å². The molecule has 0 saturated carbocycles. The molecule has 19 aromatic rings. The molecule has 0 bridgehead atoms. The van der Waals surface area contributed by atoms with Crippen molar-refractivity contribution < 1.29 is 0 Å². The molecule has 0 aliphatic heterocycles. The molecular formula is C90H58N4. The highest BCUT2D eigenvalue weighted by atomic mass is 15.0. The molecule has 0 spiro atoms. The monoisotopic (exact) mass is 1190 g/mol. The van der Waals surface area contributed by atoms with Gasteiger partial charge in [0, 0.05) is 65.8 Å². The van der Waals surface area contributed by atoms with E-state index in [1.807, 2.05) is 0 Å². The van der Waals surface area contributed by atoms with Crippen LogP contribution in [0.2, 0.25) is 0 Å². The maximum atomic E-state index is 2.48. The molecule has 15 aromatic carbocycles. The molecule has 4 aromatic heterocycles. The quantitative estimate of drug-likeness (QED) is 0.130. The highest BCUT2D eigenvalue weighted by Gasteiger charge is 2.22. The van der Waals surface area contributed by atoms with Crippen molar-refractivity contribution in [3.05, 3.63) is 352 Å². The average molecular weight is 1200 g/mol. The van der Waals surface area contributed by atoms with Crippen LogP contribution in [-0.2, 0) is 0 Å². The fourth-order valence-electron chi connectivity index (χ4n) is 15.1. The predicted octanol–water partition coefficient (Wildman–Crippen LogP) is 24.1. The Bertz CT molecular complexity index is 5580. The fourth-order valence-corrected chi connectivity index (χ4v) is 15.1. The first kappa shape index (κ1) is 53.3. The third-order valence-electron chi connectivity index (χ3n) is 19.6. The second-order valence-corrected chi connectivity index (χ2v) is 24.8. The molecule has 0 unspecified atom stereocenters. The van der Waals surface area contributed by atoms with Crippen LogP contribution in [0.1, 0.15) is 0 Å². The number of rotatable bonds is 10. The molecule has 438 valence electrons. The van der Waals surface area contributed by atoms with E-state index in [1.54, 1.807) is 0 Å². The van der Waals surface area contributed by atoms with Gasteiger partial charge in [0.25, 0.3) is 0 Å². The molecule has 0 amide bonds. The number of nitrogens with zero attached hydrogens (tertiary/aromatic N) is 4. The lowest BCUT2D eigenvalue weighted by Crippen LogP contribution is -1.99. The zero-order valence-electron chi connectivity index (χ0n) is 51.3. The van der Waals surface area contributed by atoms with Crippen molar-refractivity contribution in [1.29, 1.82) is 0 Å². The highest BCUT2D eigenvalue weighted by Crippen LogP contribution is 2.44. The lowest BCUT2D eigenvalue weighted by Gasteiger charge is -2.14. The van der Waals surface area contributed by atoms with Gasteiger partial charge >= 0.3 is 0 Å². The summed E-state index contributed by atoms with van der Waals surface area (Å²) in [7, 11) is 0. The van der Waals surface area contributed by atoms with E-state index in [0.717, 1.165) is 66.9 Å². The number of hydrogen-bond donors (Lipinski definition) is 0. The Hall–Kier alpha value is -12.5. The first-order valence-corrected chi connectivity index (χ1v) is 32.4. The standard InChI is InChI=1S/C90H58N4/c1-7-19-59(20-8-1)65-31-45-83-77(51-65)75-43-41-73(93-85-47-33-67(61-23-11-3-12-24-61)53-79(85)80-54-68(34-48-86(80)93)62-25-13-4-14-26-62)57-89(75)91(83)71-37-39-72(40-38-71)92-84-46-32-66(60-21-9-2-10-22-60)52-78(84)76-44-42-74(58-90(76)92)94-87-49-35-69(63-27-15-5-16-28-63)55-81(87)82-56-70(36-50-88(82)94)64-29-17-6-18-30-64/h1-58H. The fraction of sp³-hybridized carbons (Fsp3) is 0. The van der Waals surface area contributed by atoms with Crippen LogP contribution < -0.4 is 0 Å². The average Bonchev–Trinajstić information content (AvgIpc) is 1.58. The Morgan fingerprint density at radius 1 is 0.117 bits per heavy atom. The van der Waals surface area contributed by atoms with E-state index in [4.69, 9.17) is 0 Å². The van der Waals surface area contributed by atoms with Gasteiger partial charge in [-0.05, 0) is 188 Å². The van der Waals surface area contributed by atoms with Gasteiger partial charge in [0.2, 0.25) is 0 Å². The molecule has 0 saturated heterocycles. The van der Waals surface area contributed by atoms with Crippen molar-refractivity contribution in [2.24, 2.45) is 0 Å². The van der Waals surface area contributed by atoms with Gasteiger partial charge in [0.05, 0.1) is 44.1 Å². The molecule has 19 rings (SSSR count). The molecule has 0 aliphatic carbocycles. The summed E-state index contributed by atoms with van der Waals surface area (Å²) in [5.74, 6) is 0. The normalized spacial score (nSPS) is 11.8. The van der Waals surface area contributed by atoms with Crippen molar-refractivity contribution in [2.75, 3.05) is 0 Å². The lowest BCUT2D eigenvalue weighted by molar-refractivity contribution is 1.13. The van der Waals surface area contributed by atoms with Crippen LogP contribution >= 0.6 is 0 Å². The Kier molecular flexibility index (Phi) is 12.3. The van der Waals surface area contributed by atoms with Gasteiger partial charge in [-0.15, -0.1) is 0 Å². The van der Waals surface area contributed by atoms with E-state index < -0.39 is 0 Å². The molecule has 0 radical (unpaired) electrons. The largest absolute Gasteiger partial charge is 0.309 e. The van der Waals surface area contributed by atoms with Crippen molar-refractivity contribution in [3.8, 4) is 89.5 Å². The van der Waals surface area contributed by atoms with Crippen LogP contribution in [0, 0.1) is 0 Å². The third-order valence-corrected chi connectivity index (χ3v) is 19.6. The molecule has 94 heavy (non-hydrogen) atoms. The molecule has 0 fully saturated rings. The Morgan fingerprint density at radius 2 is 0.309 bits per heavy atom. The first-order chi connectivity index (χ1) is 46.6. The summed E-state index contributed by atoms with van der Waals surface area (Å²) in [6.07, 6.45) is 0. The number of hydrogen-bond acceptors (Lipinski definition) is 0. The zero-order valence-corrected chi connectivity index (χ0v) is 51.3. The number of fused-ring (bicyclic) bond motifs is 12. The van der Waals surface area contributed by atoms with Crippen LogP contribution in [0.5, 0.6) is 0 Å². The molecule has 0 N–H and O–H groups in total. The van der Waals surface area contributed by atoms with Crippen LogP contribution in [0.25, 0.3) is 177 Å². The minimum absolute atomic E-state index is 1.08. The SMILES string of the molecule is c1ccc(-c2ccc3c(c2)c2cc(-c4ccccc4)ccc2n3-c2ccc3c4cc(-c5ccccc5)ccc4n(-c4ccc(-n5c6ccc(-c7ccccc7)cc6c6ccc(-n7c8ccc(-c9ccccc9)cc8c8cc(-c9ccccc9)ccc87)cc65)cc4)c3c2)cc1. The van der Waals surface area contributed by atoms with Gasteiger partial charge in [0.15, 0.2) is 0 Å². The molecular weight excluding hydrogens is 1140 g/mol. The summed E-state index contributed by atoms with van der Waals surface area (Å²) in [6, 6.07) is 130. The van der Waals surface area contributed by atoms with E-state index in [-0.39, 0.29) is 0 Å². The van der Waals surface area contributed by atoms with E-state index in [9.17, 15) is 0 Å². The van der Waals surface area contributed by atoms with Gasteiger partial charge in [0.1, 0.15) is 0 Å². The molecule has 0 aliphatic rings. The highest BCUT2D eigenvalue weighted by molar-refractivity contribution is 6.16. The lowest BCUT2D eigenvalue weighted by atomic mass is 10.0. The summed E-state index contributed by atoms with van der Waals surface area (Å²) in [5, 5.41) is 9.67. The summed E-state index contributed by atoms with van der Waals surface area (Å²) in [5.41, 5.74) is 27.9. The Morgan fingerprint density at radius 3 is 0.532 bits per heavy atom. The first-order valence-electron chi connectivity index (χ1n) is 32.4. The van der Waals surface area contributed by atoms with Crippen LogP contribution in [-0.4, -0.2) is 18.3 Å². The minimum Gasteiger partial charge on any atom is -0.309 e. The number of aromatic nitrogens is 4. The van der Waals surface area contributed by atoms with E-state index in [0.29, 0.717) is 0 Å². The van der Waals surface area contributed by atoms with E-state index in [2.05, 4.69) is 370 Å². The second-order valence-electron chi connectivity index (χ2n) is 24.8. The van der Waals surface area contributed by atoms with Crippen molar-refractivity contribution in [3.63, 3.8) is 0 Å². The predicted molar refractivity (Wildman–Crippen MR) is 396 cm³/mol. The molecule has 4 heteroatoms. The topological polar surface area (TPSA) is 19.7 Å². The zero-order chi connectivity index (χ0) is 61.8. The molecule has 4 nitrogen and oxygen atoms in total. The number of benzene rings is 15. The van der Waals surface area contributed by atoms with Gasteiger partial charge in [-0.1, -0.05) is 231 Å². The van der Waals surface area contributed by atoms with Crippen molar-refractivity contribution >= 4 is 87.2 Å². The van der Waals surface area contributed by atoms with Gasteiger partial charge in [-0.25, -0.2) is 0 Å². The van der Waals surface area contributed by atoms with Gasteiger partial charge in [-0.2, -0.15) is 0 Å². The summed E-state index contributed by atoms with van der Waals surface area (Å²) >= 11 is 0. The Balaban J connectivity index is 0.802. The van der Waals surface area contributed by atoms with E-state index >= 15 is 0 Å². The second kappa shape index (κ2) is 21.6. The molecule has 4 heterocycles. The maximum absolute atomic E-state index is 2.48. The maximum Gasteiger partial charge on any atom is 0.0561 e. The summed E-state index contributed by atoms with van der Waals surface area (Å²) < 4.78 is 9.90. The van der Waals surface area contributed by atoms with Crippen LogP contribution in [0.3, 0.4) is 0 Å². The summed E-state index contributed by atoms with van der Waals surface area (Å²) in [4.78, 5) is 0. The smallest absolute Gasteiger partial charge is 0.0561 e. The Labute approximate surface area is 543 Å². The molecule has 0 atom stereocenters.